The van der Waals surface area contributed by atoms with Gasteiger partial charge in [0.05, 0.1) is 0 Å². The predicted molar refractivity (Wildman–Crippen MR) is 48.4 cm³/mol. The van der Waals surface area contributed by atoms with Gasteiger partial charge in [-0.1, -0.05) is 11.3 Å². The van der Waals surface area contributed by atoms with Gasteiger partial charge in [0, 0.05) is 6.92 Å². The van der Waals surface area contributed by atoms with Crippen molar-refractivity contribution in [1.82, 2.24) is 0 Å². The van der Waals surface area contributed by atoms with E-state index in [1.54, 1.807) is 12.1 Å². The van der Waals surface area contributed by atoms with Gasteiger partial charge in [0.1, 0.15) is 5.00 Å². The number of esters is 1. The third-order valence-corrected chi connectivity index (χ3v) is 2.16. The number of carbonyl (C=O) groups is 2. The van der Waals surface area contributed by atoms with E-state index < -0.39 is 5.97 Å². The molecule has 0 atom stereocenters. The van der Waals surface area contributed by atoms with Crippen molar-refractivity contribution in [3.05, 3.63) is 12.1 Å². The largest absolute Gasteiger partial charge is 0.416 e. The number of amides is 1. The topological polar surface area (TPSA) is 72.6 Å². The molecule has 1 heterocycles. The number of thiophene rings is 1. The Kier molecular flexibility index (Phi) is 2.99. The van der Waals surface area contributed by atoms with Gasteiger partial charge in [0.25, 0.3) is 0 Å². The molecule has 1 amide bonds. The summed E-state index contributed by atoms with van der Waals surface area (Å²) in [5, 5.41) is 1.85. The predicted octanol–water partition coefficient (Wildman–Crippen LogP) is 0.510. The Morgan fingerprint density at radius 3 is 2.92 bits per heavy atom. The Balaban J connectivity index is 2.74. The number of hydrogen-bond donors (Lipinski definition) is 1. The molecule has 1 aromatic heterocycles. The summed E-state index contributed by atoms with van der Waals surface area (Å²) in [7, 11) is 0. The van der Waals surface area contributed by atoms with Gasteiger partial charge in [-0.2, -0.15) is 0 Å². The van der Waals surface area contributed by atoms with Crippen LogP contribution in [-0.4, -0.2) is 12.4 Å². The highest BCUT2D eigenvalue weighted by Crippen LogP contribution is 2.29. The molecule has 0 spiro atoms. The fraction of sp³-hybridized carbons (Fsp3) is 0.143. The van der Waals surface area contributed by atoms with Crippen molar-refractivity contribution in [3.8, 4) is 5.06 Å². The van der Waals surface area contributed by atoms with Gasteiger partial charge in [-0.15, -0.1) is 0 Å². The third kappa shape index (κ3) is 2.53. The summed E-state index contributed by atoms with van der Waals surface area (Å²) < 4.78 is 4.77. The average molecular weight is 200 g/mol. The van der Waals surface area contributed by atoms with E-state index in [1.807, 2.05) is 0 Å². The lowest BCUT2D eigenvalue weighted by molar-refractivity contribution is -0.131. The lowest BCUT2D eigenvalue weighted by Gasteiger charge is -2.04. The molecular formula is C7H8N2O3S. The average Bonchev–Trinajstić information content (AvgIpc) is 2.50. The first-order chi connectivity index (χ1) is 6.13. The molecule has 0 saturated carbocycles. The molecule has 0 unspecified atom stereocenters. The van der Waals surface area contributed by atoms with Crippen LogP contribution in [0.3, 0.4) is 0 Å². The molecule has 0 fully saturated rings. The number of nitrogens with zero attached hydrogens (tertiary/aromatic N) is 1. The van der Waals surface area contributed by atoms with Gasteiger partial charge in [-0.25, -0.2) is 10.9 Å². The van der Waals surface area contributed by atoms with Gasteiger partial charge >= 0.3 is 5.97 Å². The summed E-state index contributed by atoms with van der Waals surface area (Å²) in [6.45, 7) is 1.30. The number of hydrogen-bond acceptors (Lipinski definition) is 5. The first-order valence-corrected chi connectivity index (χ1v) is 4.22. The van der Waals surface area contributed by atoms with Crippen LogP contribution in [0.1, 0.15) is 6.92 Å². The van der Waals surface area contributed by atoms with Crippen LogP contribution in [0.4, 0.5) is 5.00 Å². The molecule has 1 aromatic rings. The summed E-state index contributed by atoms with van der Waals surface area (Å²) in [5.74, 6) is 4.87. The van der Waals surface area contributed by atoms with Crippen molar-refractivity contribution >= 4 is 28.7 Å². The smallest absolute Gasteiger partial charge is 0.308 e. The van der Waals surface area contributed by atoms with Crippen molar-refractivity contribution in [2.45, 2.75) is 6.92 Å². The van der Waals surface area contributed by atoms with Gasteiger partial charge in [0.15, 0.2) is 5.06 Å². The number of nitrogens with two attached hydrogens (primary N) is 1. The van der Waals surface area contributed by atoms with Crippen LogP contribution in [-0.2, 0) is 9.59 Å². The highest BCUT2D eigenvalue weighted by molar-refractivity contribution is 7.18. The maximum Gasteiger partial charge on any atom is 0.308 e. The second kappa shape index (κ2) is 4.01. The Morgan fingerprint density at radius 1 is 1.69 bits per heavy atom. The Bertz CT molecular complexity index is 323. The quantitative estimate of drug-likeness (QED) is 0.254. The Labute approximate surface area is 78.7 Å². The second-order valence-corrected chi connectivity index (χ2v) is 3.22. The molecule has 13 heavy (non-hydrogen) atoms. The van der Waals surface area contributed by atoms with E-state index in [0.29, 0.717) is 16.5 Å². The first kappa shape index (κ1) is 9.69. The lowest BCUT2D eigenvalue weighted by atomic mass is 10.6. The standard InChI is InChI=1S/C7H8N2O3S/c1-5(11)12-7-3-2-6(13-7)9(8)4-10/h2-4H,8H2,1H3. The maximum absolute atomic E-state index is 10.5. The lowest BCUT2D eigenvalue weighted by Crippen LogP contribution is -2.27. The zero-order valence-electron chi connectivity index (χ0n) is 6.89. The van der Waals surface area contributed by atoms with E-state index >= 15 is 0 Å². The Morgan fingerprint density at radius 2 is 2.38 bits per heavy atom. The van der Waals surface area contributed by atoms with Crippen LogP contribution in [0.5, 0.6) is 5.06 Å². The van der Waals surface area contributed by atoms with Crippen molar-refractivity contribution in [1.29, 1.82) is 0 Å². The first-order valence-electron chi connectivity index (χ1n) is 3.41. The fourth-order valence-electron chi connectivity index (χ4n) is 0.698. The van der Waals surface area contributed by atoms with Crippen LogP contribution in [0.15, 0.2) is 12.1 Å². The van der Waals surface area contributed by atoms with Crippen LogP contribution >= 0.6 is 11.3 Å². The van der Waals surface area contributed by atoms with Gasteiger partial charge in [-0.05, 0) is 12.1 Å². The number of hydrazine groups is 1. The van der Waals surface area contributed by atoms with Gasteiger partial charge < -0.3 is 4.74 Å². The molecule has 0 aliphatic heterocycles. The second-order valence-electron chi connectivity index (χ2n) is 2.20. The zero-order valence-corrected chi connectivity index (χ0v) is 7.71. The van der Waals surface area contributed by atoms with E-state index in [0.717, 1.165) is 16.3 Å². The molecule has 0 radical (unpaired) electrons. The molecule has 0 saturated heterocycles. The number of ether oxygens (including phenoxy) is 1. The van der Waals surface area contributed by atoms with Crippen molar-refractivity contribution in [2.75, 3.05) is 5.01 Å². The van der Waals surface area contributed by atoms with E-state index in [1.165, 1.54) is 6.92 Å². The molecule has 0 bridgehead atoms. The summed E-state index contributed by atoms with van der Waals surface area (Å²) in [4.78, 5) is 20.8. The van der Waals surface area contributed by atoms with Crippen molar-refractivity contribution < 1.29 is 14.3 Å². The molecule has 0 aliphatic rings. The highest BCUT2D eigenvalue weighted by atomic mass is 32.1. The third-order valence-electron chi connectivity index (χ3n) is 1.18. The zero-order chi connectivity index (χ0) is 9.84. The van der Waals surface area contributed by atoms with Gasteiger partial charge in [-0.3, -0.25) is 9.59 Å². The summed E-state index contributed by atoms with van der Waals surface area (Å²) in [6, 6.07) is 3.17. The molecule has 0 aliphatic carbocycles. The van der Waals surface area contributed by atoms with E-state index in [-0.39, 0.29) is 0 Å². The maximum atomic E-state index is 10.5. The van der Waals surface area contributed by atoms with Crippen molar-refractivity contribution in [3.63, 3.8) is 0 Å². The Hall–Kier alpha value is -1.40. The van der Waals surface area contributed by atoms with Crippen LogP contribution < -0.4 is 15.6 Å². The molecule has 70 valence electrons. The highest BCUT2D eigenvalue weighted by Gasteiger charge is 2.06. The monoisotopic (exact) mass is 200 g/mol. The molecule has 0 aromatic carbocycles. The molecular weight excluding hydrogens is 192 g/mol. The normalized spacial score (nSPS) is 9.38. The minimum atomic E-state index is -0.400. The molecule has 2 N–H and O–H groups in total. The fourth-order valence-corrected chi connectivity index (χ4v) is 1.48. The van der Waals surface area contributed by atoms with E-state index in [9.17, 15) is 9.59 Å². The van der Waals surface area contributed by atoms with E-state index in [4.69, 9.17) is 10.6 Å². The molecule has 1 rings (SSSR count). The van der Waals surface area contributed by atoms with E-state index in [2.05, 4.69) is 0 Å². The summed E-state index contributed by atoms with van der Waals surface area (Å²) >= 11 is 1.12. The number of rotatable bonds is 3. The number of anilines is 1. The number of carbonyl (C=O) groups excluding carboxylic acids is 2. The van der Waals surface area contributed by atoms with Gasteiger partial charge in [0.2, 0.25) is 6.41 Å². The van der Waals surface area contributed by atoms with Crippen molar-refractivity contribution in [2.24, 2.45) is 5.84 Å². The summed E-state index contributed by atoms with van der Waals surface area (Å²) in [6.07, 6.45) is 0.476. The van der Waals surface area contributed by atoms with Crippen LogP contribution in [0.25, 0.3) is 0 Å². The van der Waals surface area contributed by atoms with Crippen LogP contribution in [0.2, 0.25) is 0 Å². The molecule has 5 nitrogen and oxygen atoms in total. The summed E-state index contributed by atoms with van der Waals surface area (Å²) in [5.41, 5.74) is 0. The molecule has 6 heteroatoms. The van der Waals surface area contributed by atoms with Crippen LogP contribution in [0, 0.1) is 0 Å². The SMILES string of the molecule is CC(=O)Oc1ccc(N(N)C=O)s1. The minimum Gasteiger partial charge on any atom is -0.416 e. The minimum absolute atomic E-state index is 0.400.